The third kappa shape index (κ3) is 4.23. The van der Waals surface area contributed by atoms with E-state index in [-0.39, 0.29) is 35.0 Å². The highest BCUT2D eigenvalue weighted by molar-refractivity contribution is 7.91. The predicted molar refractivity (Wildman–Crippen MR) is 102 cm³/mol. The number of benzene rings is 1. The lowest BCUT2D eigenvalue weighted by atomic mass is 10.0. The van der Waals surface area contributed by atoms with Gasteiger partial charge in [-0.25, -0.2) is 8.42 Å². The van der Waals surface area contributed by atoms with Gasteiger partial charge in [0.15, 0.2) is 9.84 Å². The average Bonchev–Trinajstić information content (AvgIpc) is 2.68. The maximum absolute atomic E-state index is 12.9. The lowest BCUT2D eigenvalue weighted by molar-refractivity contribution is 0.0634. The van der Waals surface area contributed by atoms with E-state index < -0.39 is 9.84 Å². The SMILES string of the molecule is CCS(=O)(=O)c1ccc(C(=O)N2CCNCC2c2cccnc2)cc1.Cl. The standard InChI is InChI=1S/C18H21N3O3S.ClH/c1-2-25(23,24)16-7-5-14(6-8-16)18(22)21-11-10-20-13-17(21)15-4-3-9-19-12-15;/h3-9,12,17,20H,2,10-11,13H2,1H3;1H. The summed E-state index contributed by atoms with van der Waals surface area (Å²) in [5, 5.41) is 3.31. The Kier molecular flexibility index (Phi) is 6.75. The van der Waals surface area contributed by atoms with Crippen molar-refractivity contribution in [3.05, 3.63) is 59.9 Å². The van der Waals surface area contributed by atoms with Crippen molar-refractivity contribution in [1.29, 1.82) is 0 Å². The minimum Gasteiger partial charge on any atom is -0.329 e. The van der Waals surface area contributed by atoms with Crippen LogP contribution in [0.4, 0.5) is 0 Å². The molecule has 0 saturated carbocycles. The lowest BCUT2D eigenvalue weighted by Crippen LogP contribution is -2.48. The number of hydrogen-bond donors (Lipinski definition) is 1. The second-order valence-electron chi connectivity index (χ2n) is 5.93. The predicted octanol–water partition coefficient (Wildman–Crippen LogP) is 2.08. The molecule has 0 radical (unpaired) electrons. The highest BCUT2D eigenvalue weighted by Crippen LogP contribution is 2.24. The number of nitrogens with zero attached hydrogens (tertiary/aromatic N) is 2. The Hall–Kier alpha value is -1.96. The fourth-order valence-corrected chi connectivity index (χ4v) is 3.84. The smallest absolute Gasteiger partial charge is 0.254 e. The number of aromatic nitrogens is 1. The van der Waals surface area contributed by atoms with Crippen molar-refractivity contribution in [1.82, 2.24) is 15.2 Å². The first kappa shape index (κ1) is 20.4. The number of carbonyl (C=O) groups is 1. The highest BCUT2D eigenvalue weighted by atomic mass is 35.5. The maximum Gasteiger partial charge on any atom is 0.254 e. The van der Waals surface area contributed by atoms with Crippen molar-refractivity contribution in [2.24, 2.45) is 0 Å². The summed E-state index contributed by atoms with van der Waals surface area (Å²) in [6, 6.07) is 9.92. The zero-order valence-corrected chi connectivity index (χ0v) is 16.1. The molecule has 1 amide bonds. The normalized spacial score (nSPS) is 17.4. The van der Waals surface area contributed by atoms with Gasteiger partial charge in [-0.3, -0.25) is 9.78 Å². The third-order valence-corrected chi connectivity index (χ3v) is 6.16. The van der Waals surface area contributed by atoms with E-state index in [0.29, 0.717) is 18.7 Å². The van der Waals surface area contributed by atoms with Crippen LogP contribution in [0.2, 0.25) is 0 Å². The first-order chi connectivity index (χ1) is 12.0. The Morgan fingerprint density at radius 3 is 2.62 bits per heavy atom. The van der Waals surface area contributed by atoms with E-state index in [1.807, 2.05) is 17.0 Å². The fourth-order valence-electron chi connectivity index (χ4n) is 2.96. The lowest BCUT2D eigenvalue weighted by Gasteiger charge is -2.36. The molecular formula is C18H22ClN3O3S. The molecule has 1 N–H and O–H groups in total. The Morgan fingerprint density at radius 2 is 2.00 bits per heavy atom. The molecule has 140 valence electrons. The molecule has 2 aromatic rings. The van der Waals surface area contributed by atoms with Gasteiger partial charge in [-0.05, 0) is 35.9 Å². The first-order valence-electron chi connectivity index (χ1n) is 8.27. The van der Waals surface area contributed by atoms with E-state index >= 15 is 0 Å². The van der Waals surface area contributed by atoms with Gasteiger partial charge in [-0.15, -0.1) is 12.4 Å². The fraction of sp³-hybridized carbons (Fsp3) is 0.333. The molecule has 1 aromatic carbocycles. The number of nitrogens with one attached hydrogen (secondary N) is 1. The molecule has 1 fully saturated rings. The van der Waals surface area contributed by atoms with Gasteiger partial charge >= 0.3 is 0 Å². The number of amides is 1. The number of pyridine rings is 1. The quantitative estimate of drug-likeness (QED) is 0.857. The van der Waals surface area contributed by atoms with Crippen LogP contribution in [0.3, 0.4) is 0 Å². The zero-order chi connectivity index (χ0) is 17.9. The largest absolute Gasteiger partial charge is 0.329 e. The Balaban J connectivity index is 0.00000243. The Labute approximate surface area is 160 Å². The van der Waals surface area contributed by atoms with Crippen molar-refractivity contribution in [2.45, 2.75) is 17.9 Å². The molecule has 1 aliphatic heterocycles. The minimum atomic E-state index is -3.26. The number of sulfone groups is 1. The van der Waals surface area contributed by atoms with Gasteiger partial charge in [0.25, 0.3) is 5.91 Å². The van der Waals surface area contributed by atoms with E-state index in [2.05, 4.69) is 10.3 Å². The van der Waals surface area contributed by atoms with Gasteiger partial charge in [0.2, 0.25) is 0 Å². The molecule has 1 atom stereocenters. The van der Waals surface area contributed by atoms with E-state index in [9.17, 15) is 13.2 Å². The van der Waals surface area contributed by atoms with Crippen molar-refractivity contribution < 1.29 is 13.2 Å². The monoisotopic (exact) mass is 395 g/mol. The highest BCUT2D eigenvalue weighted by Gasteiger charge is 2.28. The van der Waals surface area contributed by atoms with E-state index in [4.69, 9.17) is 0 Å². The van der Waals surface area contributed by atoms with Gasteiger partial charge in [0.05, 0.1) is 16.7 Å². The Bertz CT molecular complexity index is 842. The molecule has 0 aliphatic carbocycles. The number of carbonyl (C=O) groups excluding carboxylic acids is 1. The van der Waals surface area contributed by atoms with E-state index in [1.54, 1.807) is 31.5 Å². The van der Waals surface area contributed by atoms with Crippen LogP contribution in [-0.4, -0.2) is 49.6 Å². The molecular weight excluding hydrogens is 374 g/mol. The summed E-state index contributed by atoms with van der Waals surface area (Å²) in [6.45, 7) is 3.59. The van der Waals surface area contributed by atoms with Crippen LogP contribution in [0.25, 0.3) is 0 Å². The topological polar surface area (TPSA) is 79.4 Å². The second kappa shape index (κ2) is 8.62. The number of hydrogen-bond acceptors (Lipinski definition) is 5. The number of halogens is 1. The number of rotatable bonds is 4. The van der Waals surface area contributed by atoms with Crippen LogP contribution in [0.1, 0.15) is 28.9 Å². The molecule has 2 heterocycles. The van der Waals surface area contributed by atoms with E-state index in [0.717, 1.165) is 12.1 Å². The molecule has 26 heavy (non-hydrogen) atoms. The molecule has 1 unspecified atom stereocenters. The minimum absolute atomic E-state index is 0. The molecule has 3 rings (SSSR count). The Morgan fingerprint density at radius 1 is 1.27 bits per heavy atom. The van der Waals surface area contributed by atoms with Crippen molar-refractivity contribution >= 4 is 28.2 Å². The van der Waals surface area contributed by atoms with Crippen LogP contribution >= 0.6 is 12.4 Å². The summed E-state index contributed by atoms with van der Waals surface area (Å²) in [7, 11) is -3.26. The molecule has 1 aliphatic rings. The van der Waals surface area contributed by atoms with Gasteiger partial charge in [0.1, 0.15) is 0 Å². The molecule has 1 aromatic heterocycles. The van der Waals surface area contributed by atoms with Crippen molar-refractivity contribution in [3.63, 3.8) is 0 Å². The summed E-state index contributed by atoms with van der Waals surface area (Å²) < 4.78 is 23.8. The summed E-state index contributed by atoms with van der Waals surface area (Å²) in [5.74, 6) is -0.0583. The van der Waals surface area contributed by atoms with Crippen molar-refractivity contribution in [2.75, 3.05) is 25.4 Å². The number of piperazine rings is 1. The van der Waals surface area contributed by atoms with E-state index in [1.165, 1.54) is 12.1 Å². The molecule has 8 heteroatoms. The van der Waals surface area contributed by atoms with Gasteiger partial charge in [0, 0.05) is 37.6 Å². The maximum atomic E-state index is 12.9. The van der Waals surface area contributed by atoms with Crippen LogP contribution in [0.5, 0.6) is 0 Å². The van der Waals surface area contributed by atoms with Gasteiger partial charge < -0.3 is 10.2 Å². The van der Waals surface area contributed by atoms with Gasteiger partial charge in [-0.1, -0.05) is 13.0 Å². The third-order valence-electron chi connectivity index (χ3n) is 4.41. The summed E-state index contributed by atoms with van der Waals surface area (Å²) in [5.41, 5.74) is 1.47. The van der Waals surface area contributed by atoms with Crippen LogP contribution in [-0.2, 0) is 9.84 Å². The van der Waals surface area contributed by atoms with Crippen LogP contribution in [0.15, 0.2) is 53.7 Å². The molecule has 6 nitrogen and oxygen atoms in total. The average molecular weight is 396 g/mol. The zero-order valence-electron chi connectivity index (χ0n) is 14.5. The summed E-state index contributed by atoms with van der Waals surface area (Å²) in [6.07, 6.45) is 3.48. The summed E-state index contributed by atoms with van der Waals surface area (Å²) >= 11 is 0. The molecule has 0 bridgehead atoms. The van der Waals surface area contributed by atoms with Gasteiger partial charge in [-0.2, -0.15) is 0 Å². The first-order valence-corrected chi connectivity index (χ1v) is 9.92. The second-order valence-corrected chi connectivity index (χ2v) is 8.21. The van der Waals surface area contributed by atoms with Crippen LogP contribution in [0, 0.1) is 0 Å². The summed E-state index contributed by atoms with van der Waals surface area (Å²) in [4.78, 5) is 19.1. The van der Waals surface area contributed by atoms with Crippen LogP contribution < -0.4 is 5.32 Å². The molecule has 0 spiro atoms. The van der Waals surface area contributed by atoms with Crippen molar-refractivity contribution in [3.8, 4) is 0 Å². The molecule has 1 saturated heterocycles.